The molecule has 0 saturated heterocycles. The number of likely N-dealkylation sites (N-methyl/N-ethyl adjacent to an activating group) is 1. The molecule has 1 aliphatic heterocycles. The summed E-state index contributed by atoms with van der Waals surface area (Å²) in [5.74, 6) is -1.03. The van der Waals surface area contributed by atoms with Gasteiger partial charge in [0.15, 0.2) is 0 Å². The summed E-state index contributed by atoms with van der Waals surface area (Å²) in [6.07, 6.45) is 1.54. The molecule has 0 fully saturated rings. The number of anilines is 1. The van der Waals surface area contributed by atoms with Crippen LogP contribution in [0.3, 0.4) is 0 Å². The number of nitrogens with one attached hydrogen (secondary N) is 2. The Hall–Kier alpha value is -3.58. The number of carbonyl (C=O) groups is 3. The second-order valence-electron chi connectivity index (χ2n) is 6.46. The molecule has 0 saturated carbocycles. The third-order valence-electron chi connectivity index (χ3n) is 4.67. The molecule has 1 aromatic heterocycles. The second kappa shape index (κ2) is 7.21. The topological polar surface area (TPSA) is 91.4 Å². The quantitative estimate of drug-likeness (QED) is 0.669. The van der Waals surface area contributed by atoms with E-state index in [0.29, 0.717) is 28.7 Å². The normalized spacial score (nSPS) is 13.1. The summed E-state index contributed by atoms with van der Waals surface area (Å²) in [6, 6.07) is 13.8. The predicted octanol–water partition coefficient (Wildman–Crippen LogP) is 2.30. The number of rotatable bonds is 5. The first-order valence-electron chi connectivity index (χ1n) is 8.90. The van der Waals surface area contributed by atoms with Crippen molar-refractivity contribution in [2.24, 2.45) is 0 Å². The maximum Gasteiger partial charge on any atom is 0.274 e. The van der Waals surface area contributed by atoms with Crippen molar-refractivity contribution in [2.45, 2.75) is 0 Å². The Morgan fingerprint density at radius 2 is 1.86 bits per heavy atom. The maximum absolute atomic E-state index is 13.0. The number of aromatic nitrogens is 1. The van der Waals surface area contributed by atoms with E-state index in [-0.39, 0.29) is 30.0 Å². The van der Waals surface area contributed by atoms with Crippen molar-refractivity contribution in [3.8, 4) is 0 Å². The largest absolute Gasteiger partial charge is 0.321 e. The number of benzene rings is 2. The van der Waals surface area contributed by atoms with Crippen LogP contribution in [0.4, 0.5) is 5.69 Å². The van der Waals surface area contributed by atoms with Crippen molar-refractivity contribution in [2.75, 3.05) is 25.5 Å². The number of pyridine rings is 1. The highest BCUT2D eigenvalue weighted by Gasteiger charge is 2.32. The van der Waals surface area contributed by atoms with E-state index in [1.807, 2.05) is 6.07 Å². The lowest BCUT2D eigenvalue weighted by Crippen LogP contribution is -2.43. The molecule has 1 aliphatic rings. The van der Waals surface area contributed by atoms with E-state index in [0.717, 1.165) is 5.39 Å². The molecule has 2 heterocycles. The minimum Gasteiger partial charge on any atom is -0.321 e. The van der Waals surface area contributed by atoms with Gasteiger partial charge in [0, 0.05) is 35.9 Å². The van der Waals surface area contributed by atoms with Crippen molar-refractivity contribution >= 4 is 34.2 Å². The van der Waals surface area contributed by atoms with Gasteiger partial charge in [0.25, 0.3) is 17.7 Å². The Balaban J connectivity index is 1.77. The van der Waals surface area contributed by atoms with Crippen LogP contribution < -0.4 is 10.6 Å². The molecule has 3 aromatic rings. The van der Waals surface area contributed by atoms with E-state index in [4.69, 9.17) is 0 Å². The highest BCUT2D eigenvalue weighted by atomic mass is 16.2. The minimum absolute atomic E-state index is 0.272. The summed E-state index contributed by atoms with van der Waals surface area (Å²) in [6.45, 7) is 0.771. The predicted molar refractivity (Wildman–Crippen MR) is 105 cm³/mol. The molecule has 28 heavy (non-hydrogen) atoms. The van der Waals surface area contributed by atoms with E-state index in [1.54, 1.807) is 55.7 Å². The van der Waals surface area contributed by atoms with Crippen LogP contribution in [0.5, 0.6) is 0 Å². The molecular weight excluding hydrogens is 356 g/mol. The molecule has 0 aliphatic carbocycles. The van der Waals surface area contributed by atoms with Gasteiger partial charge in [0.2, 0.25) is 0 Å². The average molecular weight is 374 g/mol. The number of hydrogen-bond donors (Lipinski definition) is 2. The van der Waals surface area contributed by atoms with Crippen LogP contribution >= 0.6 is 0 Å². The maximum atomic E-state index is 13.0. The van der Waals surface area contributed by atoms with Crippen LogP contribution in [0, 0.1) is 0 Å². The van der Waals surface area contributed by atoms with E-state index < -0.39 is 0 Å². The Morgan fingerprint density at radius 1 is 1.04 bits per heavy atom. The van der Waals surface area contributed by atoms with Gasteiger partial charge in [-0.05, 0) is 42.8 Å². The van der Waals surface area contributed by atoms with Gasteiger partial charge in [-0.1, -0.05) is 18.2 Å². The summed E-state index contributed by atoms with van der Waals surface area (Å²) >= 11 is 0. The Kier molecular flexibility index (Phi) is 4.58. The highest BCUT2D eigenvalue weighted by molar-refractivity contribution is 6.26. The van der Waals surface area contributed by atoms with Crippen LogP contribution in [0.2, 0.25) is 0 Å². The molecular formula is C21H18N4O3. The first kappa shape index (κ1) is 17.8. The van der Waals surface area contributed by atoms with Crippen molar-refractivity contribution in [3.63, 3.8) is 0 Å². The molecule has 2 aromatic carbocycles. The van der Waals surface area contributed by atoms with Gasteiger partial charge in [-0.2, -0.15) is 0 Å². The lowest BCUT2D eigenvalue weighted by atomic mass is 9.93. The molecule has 0 atom stereocenters. The van der Waals surface area contributed by atoms with Crippen LogP contribution in [0.1, 0.15) is 31.2 Å². The fourth-order valence-electron chi connectivity index (χ4n) is 3.35. The van der Waals surface area contributed by atoms with Crippen LogP contribution in [0.25, 0.3) is 10.8 Å². The summed E-state index contributed by atoms with van der Waals surface area (Å²) in [7, 11) is 1.76. The van der Waals surface area contributed by atoms with Gasteiger partial charge in [0.1, 0.15) is 5.69 Å². The SMILES string of the molecule is CNCCN1C(=O)c2cccc3cc(NC(=O)c4ccccn4)cc(c23)C1=O. The Morgan fingerprint density at radius 3 is 2.61 bits per heavy atom. The van der Waals surface area contributed by atoms with E-state index in [9.17, 15) is 14.4 Å². The molecule has 140 valence electrons. The number of imide groups is 1. The van der Waals surface area contributed by atoms with E-state index in [1.165, 1.54) is 4.90 Å². The first-order chi connectivity index (χ1) is 13.6. The van der Waals surface area contributed by atoms with E-state index >= 15 is 0 Å². The molecule has 7 heteroatoms. The second-order valence-corrected chi connectivity index (χ2v) is 6.46. The molecule has 0 spiro atoms. The van der Waals surface area contributed by atoms with Crippen molar-refractivity contribution < 1.29 is 14.4 Å². The van der Waals surface area contributed by atoms with Crippen molar-refractivity contribution in [1.82, 2.24) is 15.2 Å². The number of hydrogen-bond acceptors (Lipinski definition) is 5. The summed E-state index contributed by atoms with van der Waals surface area (Å²) in [5, 5.41) is 7.08. The molecule has 0 radical (unpaired) electrons. The Labute approximate surface area is 161 Å². The third-order valence-corrected chi connectivity index (χ3v) is 4.67. The number of carbonyl (C=O) groups excluding carboxylic acids is 3. The Bertz CT molecular complexity index is 1100. The zero-order chi connectivity index (χ0) is 19.7. The zero-order valence-electron chi connectivity index (χ0n) is 15.2. The molecule has 2 N–H and O–H groups in total. The fraction of sp³-hybridized carbons (Fsp3) is 0.143. The molecule has 4 rings (SSSR count). The number of amides is 3. The first-order valence-corrected chi connectivity index (χ1v) is 8.90. The summed E-state index contributed by atoms with van der Waals surface area (Å²) in [4.78, 5) is 43.5. The van der Waals surface area contributed by atoms with Gasteiger partial charge in [-0.3, -0.25) is 24.3 Å². The van der Waals surface area contributed by atoms with E-state index in [2.05, 4.69) is 15.6 Å². The van der Waals surface area contributed by atoms with Gasteiger partial charge < -0.3 is 10.6 Å². The molecule has 3 amide bonds. The van der Waals surface area contributed by atoms with Crippen LogP contribution in [-0.2, 0) is 0 Å². The lowest BCUT2D eigenvalue weighted by Gasteiger charge is -2.27. The zero-order valence-corrected chi connectivity index (χ0v) is 15.2. The summed E-state index contributed by atoms with van der Waals surface area (Å²) < 4.78 is 0. The van der Waals surface area contributed by atoms with Gasteiger partial charge in [-0.25, -0.2) is 0 Å². The van der Waals surface area contributed by atoms with Gasteiger partial charge in [0.05, 0.1) is 5.56 Å². The highest BCUT2D eigenvalue weighted by Crippen LogP contribution is 2.32. The average Bonchev–Trinajstić information content (AvgIpc) is 2.72. The monoisotopic (exact) mass is 374 g/mol. The minimum atomic E-state index is -0.366. The smallest absolute Gasteiger partial charge is 0.274 e. The molecule has 7 nitrogen and oxygen atoms in total. The van der Waals surface area contributed by atoms with Gasteiger partial charge >= 0.3 is 0 Å². The standard InChI is InChI=1S/C21H18N4O3/c1-22-9-10-25-20(27)15-6-4-5-13-11-14(12-16(18(13)15)21(25)28)24-19(26)17-7-2-3-8-23-17/h2-8,11-12,22H,9-10H2,1H3,(H,24,26). The van der Waals surface area contributed by atoms with Crippen LogP contribution in [0.15, 0.2) is 54.7 Å². The lowest BCUT2D eigenvalue weighted by molar-refractivity contribution is 0.0612. The third kappa shape index (κ3) is 3.01. The fourth-order valence-corrected chi connectivity index (χ4v) is 3.35. The summed E-state index contributed by atoms with van der Waals surface area (Å²) in [5.41, 5.74) is 1.65. The number of nitrogens with zero attached hydrogens (tertiary/aromatic N) is 2. The molecule has 0 unspecified atom stereocenters. The van der Waals surface area contributed by atoms with Crippen molar-refractivity contribution in [3.05, 3.63) is 71.5 Å². The van der Waals surface area contributed by atoms with Crippen LogP contribution in [-0.4, -0.2) is 47.7 Å². The molecule has 0 bridgehead atoms. The van der Waals surface area contributed by atoms with Gasteiger partial charge in [-0.15, -0.1) is 0 Å². The van der Waals surface area contributed by atoms with Crippen molar-refractivity contribution in [1.29, 1.82) is 0 Å².